The monoisotopic (exact) mass is 336 g/mol. The van der Waals surface area contributed by atoms with Gasteiger partial charge in [0.15, 0.2) is 0 Å². The molecule has 3 rings (SSSR count). The largest absolute Gasteiger partial charge is 0.478 e. The van der Waals surface area contributed by atoms with Crippen LogP contribution in [0.25, 0.3) is 0 Å². The van der Waals surface area contributed by atoms with Crippen LogP contribution in [-0.2, 0) is 12.8 Å². The standard InChI is InChI=1S/C15H13BrO2S/c16-14-13(15(17)18)11-7-6-10(8-12(11)19-14)9-4-2-1-3-5-9/h1-5,10H,6-8H2,(H,17,18). The van der Waals surface area contributed by atoms with Crippen LogP contribution in [-0.4, -0.2) is 11.1 Å². The van der Waals surface area contributed by atoms with Crippen LogP contribution in [0, 0.1) is 0 Å². The fourth-order valence-corrected chi connectivity index (χ4v) is 4.91. The summed E-state index contributed by atoms with van der Waals surface area (Å²) in [7, 11) is 0. The van der Waals surface area contributed by atoms with Crippen LogP contribution >= 0.6 is 27.3 Å². The third-order valence-corrected chi connectivity index (χ3v) is 5.63. The summed E-state index contributed by atoms with van der Waals surface area (Å²) >= 11 is 4.97. The minimum Gasteiger partial charge on any atom is -0.478 e. The fourth-order valence-electron chi connectivity index (χ4n) is 2.78. The van der Waals surface area contributed by atoms with Crippen molar-refractivity contribution in [2.75, 3.05) is 0 Å². The Bertz CT molecular complexity index is 619. The molecule has 1 aromatic heterocycles. The molecule has 19 heavy (non-hydrogen) atoms. The van der Waals surface area contributed by atoms with Gasteiger partial charge in [0.1, 0.15) is 0 Å². The summed E-state index contributed by atoms with van der Waals surface area (Å²) in [5.74, 6) is -0.302. The topological polar surface area (TPSA) is 37.3 Å². The van der Waals surface area contributed by atoms with Gasteiger partial charge in [-0.25, -0.2) is 4.79 Å². The van der Waals surface area contributed by atoms with E-state index in [1.165, 1.54) is 10.4 Å². The molecule has 98 valence electrons. The summed E-state index contributed by atoms with van der Waals surface area (Å²) in [5.41, 5.74) is 2.87. The van der Waals surface area contributed by atoms with Gasteiger partial charge in [0.2, 0.25) is 0 Å². The van der Waals surface area contributed by atoms with Gasteiger partial charge in [0, 0.05) is 4.88 Å². The Morgan fingerprint density at radius 3 is 2.74 bits per heavy atom. The molecule has 4 heteroatoms. The van der Waals surface area contributed by atoms with Crippen LogP contribution in [0.4, 0.5) is 0 Å². The zero-order chi connectivity index (χ0) is 13.4. The second-order valence-electron chi connectivity index (χ2n) is 4.81. The summed E-state index contributed by atoms with van der Waals surface area (Å²) in [6, 6.07) is 10.5. The zero-order valence-corrected chi connectivity index (χ0v) is 12.6. The molecule has 0 amide bonds. The molecule has 0 fully saturated rings. The minimum absolute atomic E-state index is 0.478. The molecule has 0 aliphatic heterocycles. The van der Waals surface area contributed by atoms with E-state index < -0.39 is 5.97 Å². The molecule has 1 N–H and O–H groups in total. The highest BCUT2D eigenvalue weighted by atomic mass is 79.9. The third kappa shape index (κ3) is 2.35. The molecule has 2 aromatic rings. The van der Waals surface area contributed by atoms with E-state index in [0.717, 1.165) is 28.6 Å². The Labute approximate surface area is 124 Å². The average Bonchev–Trinajstić information content (AvgIpc) is 2.74. The first-order chi connectivity index (χ1) is 9.16. The van der Waals surface area contributed by atoms with Gasteiger partial charge in [0.25, 0.3) is 0 Å². The van der Waals surface area contributed by atoms with Crippen molar-refractivity contribution in [3.05, 3.63) is 55.7 Å². The Hall–Kier alpha value is -1.13. The van der Waals surface area contributed by atoms with Crippen molar-refractivity contribution in [3.63, 3.8) is 0 Å². The highest BCUT2D eigenvalue weighted by molar-refractivity contribution is 9.11. The molecule has 1 atom stereocenters. The van der Waals surface area contributed by atoms with Gasteiger partial charge in [-0.1, -0.05) is 30.3 Å². The number of thiophene rings is 1. The maximum atomic E-state index is 11.3. The zero-order valence-electron chi connectivity index (χ0n) is 10.2. The van der Waals surface area contributed by atoms with E-state index in [9.17, 15) is 9.90 Å². The van der Waals surface area contributed by atoms with Crippen molar-refractivity contribution in [3.8, 4) is 0 Å². The maximum Gasteiger partial charge on any atom is 0.338 e. The highest BCUT2D eigenvalue weighted by Gasteiger charge is 2.28. The van der Waals surface area contributed by atoms with E-state index in [2.05, 4.69) is 40.2 Å². The number of aromatic carboxylic acids is 1. The predicted octanol–water partition coefficient (Wildman–Crippen LogP) is 4.48. The summed E-state index contributed by atoms with van der Waals surface area (Å²) < 4.78 is 0.763. The lowest BCUT2D eigenvalue weighted by Gasteiger charge is -2.22. The molecule has 1 aliphatic carbocycles. The van der Waals surface area contributed by atoms with Crippen LogP contribution in [0.3, 0.4) is 0 Å². The highest BCUT2D eigenvalue weighted by Crippen LogP contribution is 2.41. The van der Waals surface area contributed by atoms with Crippen LogP contribution in [0.1, 0.15) is 38.7 Å². The Balaban J connectivity index is 1.94. The van der Waals surface area contributed by atoms with Gasteiger partial charge >= 0.3 is 5.97 Å². The molecule has 0 saturated carbocycles. The van der Waals surface area contributed by atoms with Crippen molar-refractivity contribution >= 4 is 33.2 Å². The number of carboxylic acid groups (broad SMARTS) is 1. The van der Waals surface area contributed by atoms with Gasteiger partial charge in [-0.15, -0.1) is 11.3 Å². The molecule has 0 bridgehead atoms. The van der Waals surface area contributed by atoms with Gasteiger partial charge < -0.3 is 5.11 Å². The number of carboxylic acids is 1. The van der Waals surface area contributed by atoms with Crippen molar-refractivity contribution in [1.82, 2.24) is 0 Å². The van der Waals surface area contributed by atoms with Gasteiger partial charge in [0.05, 0.1) is 9.35 Å². The first-order valence-corrected chi connectivity index (χ1v) is 7.86. The number of rotatable bonds is 2. The number of hydrogen-bond donors (Lipinski definition) is 1. The quantitative estimate of drug-likeness (QED) is 0.877. The van der Waals surface area contributed by atoms with E-state index in [0.29, 0.717) is 11.5 Å². The second-order valence-corrected chi connectivity index (χ2v) is 7.23. The molecule has 0 spiro atoms. The van der Waals surface area contributed by atoms with Crippen LogP contribution in [0.15, 0.2) is 34.1 Å². The number of carbonyl (C=O) groups is 1. The lowest BCUT2D eigenvalue weighted by Crippen LogP contribution is -2.13. The SMILES string of the molecule is O=C(O)c1c(Br)sc2c1CCC(c1ccccc1)C2. The molecule has 1 aliphatic rings. The molecule has 0 radical (unpaired) electrons. The lowest BCUT2D eigenvalue weighted by molar-refractivity contribution is 0.0695. The first-order valence-electron chi connectivity index (χ1n) is 6.25. The van der Waals surface area contributed by atoms with Crippen LogP contribution in [0.2, 0.25) is 0 Å². The second kappa shape index (κ2) is 5.10. The molecule has 0 saturated heterocycles. The molecular formula is C15H13BrO2S. The minimum atomic E-state index is -0.817. The Morgan fingerprint density at radius 2 is 2.05 bits per heavy atom. The normalized spacial score (nSPS) is 18.1. The van der Waals surface area contributed by atoms with E-state index in [-0.39, 0.29) is 0 Å². The number of benzene rings is 1. The van der Waals surface area contributed by atoms with Crippen molar-refractivity contribution < 1.29 is 9.90 Å². The van der Waals surface area contributed by atoms with Gasteiger partial charge in [-0.2, -0.15) is 0 Å². The summed E-state index contributed by atoms with van der Waals surface area (Å²) in [6.45, 7) is 0. The molecule has 1 aromatic carbocycles. The Morgan fingerprint density at radius 1 is 1.32 bits per heavy atom. The summed E-state index contributed by atoms with van der Waals surface area (Å²) in [6.07, 6.45) is 2.84. The molecule has 2 nitrogen and oxygen atoms in total. The third-order valence-electron chi connectivity index (χ3n) is 3.71. The van der Waals surface area contributed by atoms with Crippen molar-refractivity contribution in [2.45, 2.75) is 25.2 Å². The first kappa shape index (κ1) is 12.9. The Kier molecular flexibility index (Phi) is 3.46. The van der Waals surface area contributed by atoms with Gasteiger partial charge in [-0.05, 0) is 52.2 Å². The maximum absolute atomic E-state index is 11.3. The smallest absolute Gasteiger partial charge is 0.338 e. The molecular weight excluding hydrogens is 324 g/mol. The van der Waals surface area contributed by atoms with Crippen molar-refractivity contribution in [1.29, 1.82) is 0 Å². The van der Waals surface area contributed by atoms with Gasteiger partial charge in [-0.3, -0.25) is 0 Å². The lowest BCUT2D eigenvalue weighted by atomic mass is 9.83. The number of hydrogen-bond acceptors (Lipinski definition) is 2. The van der Waals surface area contributed by atoms with E-state index >= 15 is 0 Å². The fraction of sp³-hybridized carbons (Fsp3) is 0.267. The van der Waals surface area contributed by atoms with E-state index in [1.807, 2.05) is 6.07 Å². The summed E-state index contributed by atoms with van der Waals surface area (Å²) in [4.78, 5) is 12.5. The van der Waals surface area contributed by atoms with E-state index in [1.54, 1.807) is 11.3 Å². The number of fused-ring (bicyclic) bond motifs is 1. The molecule has 1 unspecified atom stereocenters. The van der Waals surface area contributed by atoms with Crippen LogP contribution < -0.4 is 0 Å². The molecule has 1 heterocycles. The predicted molar refractivity (Wildman–Crippen MR) is 80.2 cm³/mol. The van der Waals surface area contributed by atoms with Crippen LogP contribution in [0.5, 0.6) is 0 Å². The van der Waals surface area contributed by atoms with E-state index in [4.69, 9.17) is 0 Å². The van der Waals surface area contributed by atoms with Crippen molar-refractivity contribution in [2.24, 2.45) is 0 Å². The summed E-state index contributed by atoms with van der Waals surface area (Å²) in [5, 5.41) is 9.27. The number of halogens is 1. The average molecular weight is 337 g/mol.